The minimum absolute atomic E-state index is 0.0695. The zero-order chi connectivity index (χ0) is 11.8. The Kier molecular flexibility index (Phi) is 5.41. The Bertz CT molecular complexity index is 294. The minimum Gasteiger partial charge on any atom is -0.376 e. The highest BCUT2D eigenvalue weighted by atomic mass is 16.5. The van der Waals surface area contributed by atoms with E-state index in [4.69, 9.17) is 16.2 Å². The zero-order valence-electron chi connectivity index (χ0n) is 9.46. The molecule has 1 aliphatic heterocycles. The number of nitrogens with two attached hydrogens (primary N) is 2. The molecule has 7 nitrogen and oxygen atoms in total. The molecule has 16 heavy (non-hydrogen) atoms. The molecule has 0 aromatic carbocycles. The molecule has 4 N–H and O–H groups in total. The van der Waals surface area contributed by atoms with Gasteiger partial charge in [0.2, 0.25) is 0 Å². The van der Waals surface area contributed by atoms with Gasteiger partial charge in [-0.3, -0.25) is 4.99 Å². The lowest BCUT2D eigenvalue weighted by atomic mass is 10.2. The Morgan fingerprint density at radius 2 is 2.38 bits per heavy atom. The van der Waals surface area contributed by atoms with Crippen LogP contribution in [0.2, 0.25) is 0 Å². The average molecular weight is 226 g/mol. The molecule has 0 saturated carbocycles. The van der Waals surface area contributed by atoms with Crippen LogP contribution in [0.3, 0.4) is 0 Å². The van der Waals surface area contributed by atoms with Crippen molar-refractivity contribution in [2.45, 2.75) is 25.9 Å². The van der Waals surface area contributed by atoms with Gasteiger partial charge in [-0.15, -0.1) is 5.11 Å². The summed E-state index contributed by atoms with van der Waals surface area (Å²) in [6.07, 6.45) is 1.46. The third-order valence-corrected chi connectivity index (χ3v) is 1.95. The number of ether oxygens (including phenoxy) is 1. The molecular weight excluding hydrogens is 208 g/mol. The van der Waals surface area contributed by atoms with E-state index < -0.39 is 0 Å². The van der Waals surface area contributed by atoms with Gasteiger partial charge in [0.25, 0.3) is 0 Å². The van der Waals surface area contributed by atoms with Crippen LogP contribution < -0.4 is 11.5 Å². The maximum atomic E-state index is 5.60. The maximum Gasteiger partial charge on any atom is 0.185 e. The number of guanidine groups is 1. The molecule has 1 atom stereocenters. The van der Waals surface area contributed by atoms with Gasteiger partial charge in [-0.2, -0.15) is 5.11 Å². The fraction of sp³-hybridized carbons (Fsp3) is 0.778. The fourth-order valence-corrected chi connectivity index (χ4v) is 1.24. The summed E-state index contributed by atoms with van der Waals surface area (Å²) >= 11 is 0. The first kappa shape index (κ1) is 12.6. The monoisotopic (exact) mass is 226 g/mol. The van der Waals surface area contributed by atoms with Crippen molar-refractivity contribution in [2.75, 3.05) is 19.8 Å². The molecule has 1 unspecified atom stereocenters. The molecule has 0 fully saturated rings. The van der Waals surface area contributed by atoms with E-state index in [1.807, 2.05) is 6.92 Å². The van der Waals surface area contributed by atoms with Gasteiger partial charge in [-0.05, 0) is 6.42 Å². The molecule has 0 aromatic rings. The second-order valence-electron chi connectivity index (χ2n) is 3.42. The molecule has 1 rings (SSSR count). The lowest BCUT2D eigenvalue weighted by molar-refractivity contribution is 0.0647. The Balaban J connectivity index is 2.42. The van der Waals surface area contributed by atoms with Gasteiger partial charge in [0.1, 0.15) is 5.84 Å². The summed E-state index contributed by atoms with van der Waals surface area (Å²) in [5, 5.41) is 7.67. The van der Waals surface area contributed by atoms with Gasteiger partial charge >= 0.3 is 0 Å². The Morgan fingerprint density at radius 3 is 2.94 bits per heavy atom. The van der Waals surface area contributed by atoms with E-state index in [9.17, 15) is 0 Å². The first-order valence-corrected chi connectivity index (χ1v) is 5.30. The standard InChI is InChI=1S/C9H18N6O/c1-2-3-16-7(5-12-9(10)11)4-8-13-6-14-15-8/h7H,2-6H2,1H3,(H4,10,11,12). The number of nitrogens with zero attached hydrogens (tertiary/aromatic N) is 4. The summed E-state index contributed by atoms with van der Waals surface area (Å²) in [4.78, 5) is 8.04. The Hall–Kier alpha value is -1.50. The Labute approximate surface area is 94.7 Å². The number of rotatable bonds is 7. The van der Waals surface area contributed by atoms with Gasteiger partial charge in [-0.1, -0.05) is 6.92 Å². The smallest absolute Gasteiger partial charge is 0.185 e. The van der Waals surface area contributed by atoms with Crippen LogP contribution in [-0.4, -0.2) is 37.7 Å². The summed E-state index contributed by atoms with van der Waals surface area (Å²) in [5.41, 5.74) is 10.6. The van der Waals surface area contributed by atoms with Crippen LogP contribution in [0.15, 0.2) is 20.2 Å². The van der Waals surface area contributed by atoms with E-state index in [0.717, 1.165) is 6.42 Å². The van der Waals surface area contributed by atoms with Crippen molar-refractivity contribution >= 4 is 11.8 Å². The molecule has 7 heteroatoms. The highest BCUT2D eigenvalue weighted by Gasteiger charge is 2.14. The lowest BCUT2D eigenvalue weighted by Crippen LogP contribution is -2.27. The minimum atomic E-state index is -0.0853. The highest BCUT2D eigenvalue weighted by Crippen LogP contribution is 2.07. The maximum absolute atomic E-state index is 5.60. The van der Waals surface area contributed by atoms with Crippen molar-refractivity contribution in [1.82, 2.24) is 0 Å². The first-order chi connectivity index (χ1) is 7.72. The van der Waals surface area contributed by atoms with Crippen molar-refractivity contribution in [2.24, 2.45) is 31.7 Å². The number of hydrogen-bond acceptors (Lipinski definition) is 5. The lowest BCUT2D eigenvalue weighted by Gasteiger charge is -2.14. The van der Waals surface area contributed by atoms with Crippen LogP contribution in [0.1, 0.15) is 19.8 Å². The van der Waals surface area contributed by atoms with E-state index in [1.165, 1.54) is 0 Å². The second kappa shape index (κ2) is 6.89. The van der Waals surface area contributed by atoms with Crippen LogP contribution in [0, 0.1) is 0 Å². The zero-order valence-corrected chi connectivity index (χ0v) is 9.46. The predicted molar refractivity (Wildman–Crippen MR) is 62.5 cm³/mol. The third kappa shape index (κ3) is 4.83. The summed E-state index contributed by atoms with van der Waals surface area (Å²) < 4.78 is 5.60. The third-order valence-electron chi connectivity index (χ3n) is 1.95. The van der Waals surface area contributed by atoms with Gasteiger partial charge in [0.15, 0.2) is 12.6 Å². The van der Waals surface area contributed by atoms with Gasteiger partial charge in [0, 0.05) is 13.0 Å². The van der Waals surface area contributed by atoms with Gasteiger partial charge < -0.3 is 16.2 Å². The summed E-state index contributed by atoms with van der Waals surface area (Å²) in [5.74, 6) is 0.770. The molecule has 0 radical (unpaired) electrons. The van der Waals surface area contributed by atoms with Crippen molar-refractivity contribution in [3.8, 4) is 0 Å². The van der Waals surface area contributed by atoms with Crippen molar-refractivity contribution < 1.29 is 4.74 Å². The summed E-state index contributed by atoms with van der Waals surface area (Å²) in [6, 6.07) is 0. The molecule has 0 aliphatic carbocycles. The number of azo groups is 1. The van der Waals surface area contributed by atoms with Gasteiger partial charge in [0.05, 0.1) is 12.6 Å². The van der Waals surface area contributed by atoms with E-state index in [0.29, 0.717) is 32.1 Å². The first-order valence-electron chi connectivity index (χ1n) is 5.30. The average Bonchev–Trinajstić information content (AvgIpc) is 2.74. The fourth-order valence-electron chi connectivity index (χ4n) is 1.24. The number of hydrogen-bond donors (Lipinski definition) is 2. The molecule has 0 bridgehead atoms. The SMILES string of the molecule is CCCOC(CN=C(N)N)CC1=NCN=N1. The number of aliphatic imine (C=N–C) groups is 2. The van der Waals surface area contributed by atoms with Crippen molar-refractivity contribution in [3.05, 3.63) is 0 Å². The predicted octanol–water partition coefficient (Wildman–Crippen LogP) is 0.267. The summed E-state index contributed by atoms with van der Waals surface area (Å²) in [6.45, 7) is 3.56. The molecular formula is C9H18N6O. The van der Waals surface area contributed by atoms with Crippen LogP contribution in [0.25, 0.3) is 0 Å². The van der Waals surface area contributed by atoms with E-state index in [2.05, 4.69) is 20.2 Å². The van der Waals surface area contributed by atoms with E-state index >= 15 is 0 Å². The molecule has 0 spiro atoms. The van der Waals surface area contributed by atoms with Crippen molar-refractivity contribution in [3.63, 3.8) is 0 Å². The topological polar surface area (TPSA) is 111 Å². The molecule has 90 valence electrons. The highest BCUT2D eigenvalue weighted by molar-refractivity contribution is 5.84. The Morgan fingerprint density at radius 1 is 1.56 bits per heavy atom. The van der Waals surface area contributed by atoms with Gasteiger partial charge in [-0.25, -0.2) is 4.99 Å². The van der Waals surface area contributed by atoms with E-state index in [-0.39, 0.29) is 12.1 Å². The van der Waals surface area contributed by atoms with Crippen molar-refractivity contribution in [1.29, 1.82) is 0 Å². The normalized spacial score (nSPS) is 15.9. The van der Waals surface area contributed by atoms with Crippen LogP contribution in [-0.2, 0) is 4.74 Å². The van der Waals surface area contributed by atoms with Crippen LogP contribution in [0.4, 0.5) is 0 Å². The quantitative estimate of drug-likeness (QED) is 0.480. The molecule has 1 aliphatic rings. The number of amidine groups is 1. The molecule has 0 aromatic heterocycles. The van der Waals surface area contributed by atoms with Crippen LogP contribution >= 0.6 is 0 Å². The summed E-state index contributed by atoms with van der Waals surface area (Å²) in [7, 11) is 0. The molecule has 1 heterocycles. The largest absolute Gasteiger partial charge is 0.376 e. The van der Waals surface area contributed by atoms with E-state index in [1.54, 1.807) is 0 Å². The van der Waals surface area contributed by atoms with Crippen LogP contribution in [0.5, 0.6) is 0 Å². The molecule has 0 amide bonds. The second-order valence-corrected chi connectivity index (χ2v) is 3.42. The molecule has 0 saturated heterocycles.